The number of amides is 2. The molecule has 0 heterocycles. The van der Waals surface area contributed by atoms with Crippen LogP contribution >= 0.6 is 0 Å². The quantitative estimate of drug-likeness (QED) is 0.689. The maximum atomic E-state index is 11.8. The van der Waals surface area contributed by atoms with Crippen molar-refractivity contribution in [3.05, 3.63) is 30.3 Å². The molecule has 0 bridgehead atoms. The second-order valence-corrected chi connectivity index (χ2v) is 3.58. The number of benzene rings is 1. The zero-order valence-corrected chi connectivity index (χ0v) is 9.67. The Kier molecular flexibility index (Phi) is 6.06. The highest BCUT2D eigenvalue weighted by Gasteiger charge is 2.12. The minimum atomic E-state index is -0.265. The Labute approximate surface area is 101 Å². The van der Waals surface area contributed by atoms with Gasteiger partial charge in [0.15, 0.2) is 0 Å². The van der Waals surface area contributed by atoms with Gasteiger partial charge in [-0.1, -0.05) is 18.2 Å². The lowest BCUT2D eigenvalue weighted by atomic mass is 10.3. The van der Waals surface area contributed by atoms with E-state index in [1.807, 2.05) is 18.2 Å². The number of hydrogen-bond donors (Lipinski definition) is 3. The van der Waals surface area contributed by atoms with Gasteiger partial charge in [0.1, 0.15) is 0 Å². The van der Waals surface area contributed by atoms with Gasteiger partial charge in [-0.05, 0) is 18.6 Å². The Hall–Kier alpha value is -1.59. The van der Waals surface area contributed by atoms with Gasteiger partial charge in [-0.15, -0.1) is 0 Å². The molecular formula is C12H18N2O3. The fourth-order valence-corrected chi connectivity index (χ4v) is 1.42. The number of aliphatic hydroxyl groups is 2. The van der Waals surface area contributed by atoms with Gasteiger partial charge in [0.05, 0.1) is 6.61 Å². The van der Waals surface area contributed by atoms with Crippen molar-refractivity contribution in [3.8, 4) is 0 Å². The molecule has 5 heteroatoms. The van der Waals surface area contributed by atoms with Gasteiger partial charge >= 0.3 is 6.03 Å². The molecule has 0 radical (unpaired) electrons. The third kappa shape index (κ3) is 4.84. The van der Waals surface area contributed by atoms with E-state index in [0.29, 0.717) is 18.7 Å². The van der Waals surface area contributed by atoms with Gasteiger partial charge in [0.25, 0.3) is 0 Å². The molecule has 0 atom stereocenters. The first-order chi connectivity index (χ1) is 8.27. The smallest absolute Gasteiger partial charge is 0.321 e. The van der Waals surface area contributed by atoms with Crippen LogP contribution in [0.4, 0.5) is 10.5 Å². The van der Waals surface area contributed by atoms with Crippen molar-refractivity contribution in [1.29, 1.82) is 0 Å². The van der Waals surface area contributed by atoms with E-state index in [9.17, 15) is 4.79 Å². The monoisotopic (exact) mass is 238 g/mol. The van der Waals surface area contributed by atoms with Crippen LogP contribution in [0, 0.1) is 0 Å². The standard InChI is InChI=1S/C12H18N2O3/c15-9-4-7-14(8-10-16)12(17)13-11-5-2-1-3-6-11/h1-3,5-6,15-16H,4,7-10H2,(H,13,17). The molecule has 0 aromatic heterocycles. The number of carbonyl (C=O) groups excluding carboxylic acids is 1. The molecule has 0 spiro atoms. The molecule has 1 aromatic rings. The average molecular weight is 238 g/mol. The fourth-order valence-electron chi connectivity index (χ4n) is 1.42. The molecule has 0 unspecified atom stereocenters. The number of para-hydroxylation sites is 1. The van der Waals surface area contributed by atoms with E-state index in [1.165, 1.54) is 4.90 Å². The van der Waals surface area contributed by atoms with E-state index in [1.54, 1.807) is 12.1 Å². The molecule has 0 saturated carbocycles. The largest absolute Gasteiger partial charge is 0.396 e. The Balaban J connectivity index is 2.52. The average Bonchev–Trinajstić information content (AvgIpc) is 2.35. The van der Waals surface area contributed by atoms with Crippen LogP contribution in [-0.4, -0.2) is 47.4 Å². The zero-order valence-electron chi connectivity index (χ0n) is 9.67. The van der Waals surface area contributed by atoms with Crippen LogP contribution in [0.2, 0.25) is 0 Å². The molecule has 94 valence electrons. The lowest BCUT2D eigenvalue weighted by molar-refractivity contribution is 0.180. The second-order valence-electron chi connectivity index (χ2n) is 3.58. The number of hydrogen-bond acceptors (Lipinski definition) is 3. The van der Waals surface area contributed by atoms with E-state index >= 15 is 0 Å². The van der Waals surface area contributed by atoms with E-state index in [2.05, 4.69) is 5.32 Å². The van der Waals surface area contributed by atoms with Gasteiger partial charge < -0.3 is 20.4 Å². The molecule has 5 nitrogen and oxygen atoms in total. The van der Waals surface area contributed by atoms with Crippen molar-refractivity contribution >= 4 is 11.7 Å². The van der Waals surface area contributed by atoms with Gasteiger partial charge in [-0.25, -0.2) is 4.79 Å². The summed E-state index contributed by atoms with van der Waals surface area (Å²) >= 11 is 0. The number of nitrogens with one attached hydrogen (secondary N) is 1. The molecule has 0 aliphatic rings. The summed E-state index contributed by atoms with van der Waals surface area (Å²) < 4.78 is 0. The second kappa shape index (κ2) is 7.65. The third-order valence-corrected chi connectivity index (χ3v) is 2.27. The molecule has 2 amide bonds. The fraction of sp³-hybridized carbons (Fsp3) is 0.417. The molecule has 3 N–H and O–H groups in total. The number of nitrogens with zero attached hydrogens (tertiary/aromatic N) is 1. The Morgan fingerprint density at radius 2 is 1.82 bits per heavy atom. The van der Waals surface area contributed by atoms with E-state index in [4.69, 9.17) is 10.2 Å². The predicted molar refractivity (Wildman–Crippen MR) is 65.8 cm³/mol. The van der Waals surface area contributed by atoms with Crippen LogP contribution in [0.3, 0.4) is 0 Å². The van der Waals surface area contributed by atoms with Crippen LogP contribution in [0.5, 0.6) is 0 Å². The molecular weight excluding hydrogens is 220 g/mol. The van der Waals surface area contributed by atoms with Gasteiger partial charge in [-0.3, -0.25) is 0 Å². The minimum absolute atomic E-state index is 0.0283. The van der Waals surface area contributed by atoms with Crippen molar-refractivity contribution in [3.63, 3.8) is 0 Å². The number of carbonyl (C=O) groups is 1. The lowest BCUT2D eigenvalue weighted by Gasteiger charge is -2.21. The zero-order chi connectivity index (χ0) is 12.5. The number of aliphatic hydroxyl groups excluding tert-OH is 2. The van der Waals surface area contributed by atoms with Crippen LogP contribution < -0.4 is 5.32 Å². The Morgan fingerprint density at radius 3 is 2.41 bits per heavy atom. The molecule has 0 aliphatic carbocycles. The predicted octanol–water partition coefficient (Wildman–Crippen LogP) is 0.895. The van der Waals surface area contributed by atoms with Gasteiger partial charge in [-0.2, -0.15) is 0 Å². The first-order valence-electron chi connectivity index (χ1n) is 5.60. The summed E-state index contributed by atoms with van der Waals surface area (Å²) in [5.41, 5.74) is 0.712. The molecule has 1 aromatic carbocycles. The van der Waals surface area contributed by atoms with Gasteiger partial charge in [0, 0.05) is 25.4 Å². The summed E-state index contributed by atoms with van der Waals surface area (Å²) in [7, 11) is 0. The molecule has 17 heavy (non-hydrogen) atoms. The van der Waals surface area contributed by atoms with Crippen molar-refractivity contribution in [1.82, 2.24) is 4.90 Å². The molecule has 0 fully saturated rings. The molecule has 1 rings (SSSR count). The topological polar surface area (TPSA) is 72.8 Å². The minimum Gasteiger partial charge on any atom is -0.396 e. The van der Waals surface area contributed by atoms with Crippen molar-refractivity contribution in [2.75, 3.05) is 31.6 Å². The number of rotatable bonds is 6. The maximum absolute atomic E-state index is 11.8. The van der Waals surface area contributed by atoms with E-state index in [-0.39, 0.29) is 25.8 Å². The number of urea groups is 1. The summed E-state index contributed by atoms with van der Waals surface area (Å²) in [6.07, 6.45) is 0.502. The van der Waals surface area contributed by atoms with Crippen LogP contribution in [-0.2, 0) is 0 Å². The van der Waals surface area contributed by atoms with Crippen LogP contribution in [0.25, 0.3) is 0 Å². The van der Waals surface area contributed by atoms with Crippen LogP contribution in [0.1, 0.15) is 6.42 Å². The SMILES string of the molecule is O=C(Nc1ccccc1)N(CCO)CCCO. The highest BCUT2D eigenvalue weighted by Crippen LogP contribution is 2.06. The maximum Gasteiger partial charge on any atom is 0.321 e. The molecule has 0 aliphatic heterocycles. The first kappa shape index (κ1) is 13.5. The molecule has 0 saturated heterocycles. The highest BCUT2D eigenvalue weighted by atomic mass is 16.3. The summed E-state index contributed by atoms with van der Waals surface area (Å²) in [6.45, 7) is 0.628. The summed E-state index contributed by atoms with van der Waals surface area (Å²) in [5, 5.41) is 20.3. The van der Waals surface area contributed by atoms with Crippen molar-refractivity contribution < 1.29 is 15.0 Å². The normalized spacial score (nSPS) is 10.0. The van der Waals surface area contributed by atoms with Crippen LogP contribution in [0.15, 0.2) is 30.3 Å². The first-order valence-corrected chi connectivity index (χ1v) is 5.60. The summed E-state index contributed by atoms with van der Waals surface area (Å²) in [5.74, 6) is 0. The summed E-state index contributed by atoms with van der Waals surface area (Å²) in [4.78, 5) is 13.3. The Morgan fingerprint density at radius 1 is 1.12 bits per heavy atom. The van der Waals surface area contributed by atoms with E-state index in [0.717, 1.165) is 0 Å². The Bertz CT molecular complexity index is 330. The number of anilines is 1. The van der Waals surface area contributed by atoms with Gasteiger partial charge in [0.2, 0.25) is 0 Å². The highest BCUT2D eigenvalue weighted by molar-refractivity contribution is 5.89. The van der Waals surface area contributed by atoms with E-state index < -0.39 is 0 Å². The van der Waals surface area contributed by atoms with Crippen molar-refractivity contribution in [2.24, 2.45) is 0 Å². The lowest BCUT2D eigenvalue weighted by Crippen LogP contribution is -2.38. The van der Waals surface area contributed by atoms with Crippen molar-refractivity contribution in [2.45, 2.75) is 6.42 Å². The summed E-state index contributed by atoms with van der Waals surface area (Å²) in [6, 6.07) is 8.85. The third-order valence-electron chi connectivity index (χ3n) is 2.27.